The zero-order valence-electron chi connectivity index (χ0n) is 20.7. The van der Waals surface area contributed by atoms with Gasteiger partial charge in [-0.15, -0.1) is 0 Å². The van der Waals surface area contributed by atoms with E-state index in [-0.39, 0.29) is 18.0 Å². The summed E-state index contributed by atoms with van der Waals surface area (Å²) < 4.78 is 28.5. The van der Waals surface area contributed by atoms with E-state index in [1.54, 1.807) is 0 Å². The van der Waals surface area contributed by atoms with Gasteiger partial charge in [0, 0.05) is 19.7 Å². The van der Waals surface area contributed by atoms with Crippen molar-refractivity contribution in [1.82, 2.24) is 10.1 Å². The lowest BCUT2D eigenvalue weighted by Crippen LogP contribution is -2.38. The molecule has 2 aliphatic heterocycles. The number of carbonyl (C=O) groups excluding carboxylic acids is 1. The predicted octanol–water partition coefficient (Wildman–Crippen LogP) is 4.66. The Hall–Kier alpha value is -2.32. The molecule has 0 bridgehead atoms. The molecule has 2 atom stereocenters. The second-order valence-corrected chi connectivity index (χ2v) is 10.0. The van der Waals surface area contributed by atoms with Gasteiger partial charge in [0.25, 0.3) is 5.88 Å². The van der Waals surface area contributed by atoms with Crippen LogP contribution < -0.4 is 9.47 Å². The highest BCUT2D eigenvalue weighted by atomic mass is 16.5. The Labute approximate surface area is 201 Å². The molecule has 2 fully saturated rings. The van der Waals surface area contributed by atoms with Gasteiger partial charge in [-0.1, -0.05) is 19.9 Å². The number of fused-ring (bicyclic) bond motifs is 1. The third kappa shape index (κ3) is 6.63. The number of benzene rings is 1. The van der Waals surface area contributed by atoms with E-state index in [1.165, 1.54) is 0 Å². The molecule has 0 radical (unpaired) electrons. The fourth-order valence-electron chi connectivity index (χ4n) is 4.62. The number of esters is 1. The van der Waals surface area contributed by atoms with Crippen LogP contribution in [0.3, 0.4) is 0 Å². The summed E-state index contributed by atoms with van der Waals surface area (Å²) in [7, 11) is 0. The number of hydrogen-bond donors (Lipinski definition) is 0. The van der Waals surface area contributed by atoms with Crippen molar-refractivity contribution in [2.24, 2.45) is 17.8 Å². The van der Waals surface area contributed by atoms with Crippen LogP contribution in [-0.4, -0.2) is 61.8 Å². The first-order valence-corrected chi connectivity index (χ1v) is 12.6. The molecular formula is C26H38N2O6. The molecule has 1 aromatic heterocycles. The van der Waals surface area contributed by atoms with Gasteiger partial charge in [0.05, 0.1) is 25.2 Å². The largest absolute Gasteiger partial charge is 0.492 e. The molecule has 188 valence electrons. The smallest absolute Gasteiger partial charge is 0.310 e. The number of carbonyl (C=O) groups is 1. The van der Waals surface area contributed by atoms with Crippen LogP contribution in [0, 0.1) is 17.8 Å². The molecule has 2 aromatic rings. The van der Waals surface area contributed by atoms with Crippen molar-refractivity contribution < 1.29 is 28.3 Å². The first kappa shape index (κ1) is 24.8. The maximum Gasteiger partial charge on any atom is 0.310 e. The van der Waals surface area contributed by atoms with Gasteiger partial charge in [-0.3, -0.25) is 9.69 Å². The highest BCUT2D eigenvalue weighted by molar-refractivity contribution is 5.88. The molecule has 0 saturated carbocycles. The second kappa shape index (κ2) is 11.9. The summed E-state index contributed by atoms with van der Waals surface area (Å²) in [5, 5.41) is 4.92. The molecule has 3 heterocycles. The summed E-state index contributed by atoms with van der Waals surface area (Å²) in [5.74, 6) is 2.16. The minimum absolute atomic E-state index is 0.0256. The van der Waals surface area contributed by atoms with Gasteiger partial charge < -0.3 is 23.5 Å². The van der Waals surface area contributed by atoms with Crippen molar-refractivity contribution in [3.05, 3.63) is 18.2 Å². The van der Waals surface area contributed by atoms with Gasteiger partial charge >= 0.3 is 5.97 Å². The summed E-state index contributed by atoms with van der Waals surface area (Å²) in [4.78, 5) is 14.6. The van der Waals surface area contributed by atoms with Crippen LogP contribution in [0.2, 0.25) is 0 Å². The lowest BCUT2D eigenvalue weighted by Gasteiger charge is -2.32. The molecule has 8 nitrogen and oxygen atoms in total. The van der Waals surface area contributed by atoms with Crippen LogP contribution in [0.25, 0.3) is 11.0 Å². The monoisotopic (exact) mass is 474 g/mol. The number of likely N-dealkylation sites (tertiary alicyclic amines) is 1. The Morgan fingerprint density at radius 1 is 1.21 bits per heavy atom. The summed E-state index contributed by atoms with van der Waals surface area (Å²) in [6.45, 7) is 10.4. The number of nitrogens with zero attached hydrogens (tertiary/aromatic N) is 2. The molecule has 0 spiro atoms. The van der Waals surface area contributed by atoms with E-state index >= 15 is 0 Å². The van der Waals surface area contributed by atoms with E-state index in [4.69, 9.17) is 23.5 Å². The van der Waals surface area contributed by atoms with Crippen LogP contribution >= 0.6 is 0 Å². The first-order valence-electron chi connectivity index (χ1n) is 12.6. The maximum absolute atomic E-state index is 12.4. The zero-order chi connectivity index (χ0) is 23.9. The Kier molecular flexibility index (Phi) is 8.67. The first-order chi connectivity index (χ1) is 16.5. The van der Waals surface area contributed by atoms with Crippen LogP contribution in [0.5, 0.6) is 11.6 Å². The average Bonchev–Trinajstić information content (AvgIpc) is 3.25. The van der Waals surface area contributed by atoms with Crippen LogP contribution in [0.1, 0.15) is 52.9 Å². The number of piperidine rings is 1. The molecule has 8 heteroatoms. The van der Waals surface area contributed by atoms with Crippen molar-refractivity contribution in [3.63, 3.8) is 0 Å². The topological polar surface area (TPSA) is 83.3 Å². The molecule has 4 rings (SSSR count). The Bertz CT molecular complexity index is 921. The average molecular weight is 475 g/mol. The van der Waals surface area contributed by atoms with E-state index in [0.717, 1.165) is 56.3 Å². The van der Waals surface area contributed by atoms with Crippen molar-refractivity contribution in [1.29, 1.82) is 0 Å². The third-order valence-corrected chi connectivity index (χ3v) is 6.68. The number of ether oxygens (including phenoxy) is 4. The van der Waals surface area contributed by atoms with Crippen molar-refractivity contribution in [3.8, 4) is 11.6 Å². The predicted molar refractivity (Wildman–Crippen MR) is 128 cm³/mol. The van der Waals surface area contributed by atoms with Gasteiger partial charge in [-0.25, -0.2) is 0 Å². The fourth-order valence-corrected chi connectivity index (χ4v) is 4.62. The van der Waals surface area contributed by atoms with Gasteiger partial charge in [-0.2, -0.15) is 0 Å². The van der Waals surface area contributed by atoms with Gasteiger partial charge in [0.2, 0.25) is 0 Å². The molecular weight excluding hydrogens is 436 g/mol. The number of hydrogen-bond acceptors (Lipinski definition) is 8. The standard InChI is InChI=1S/C26H38N2O6/c1-18(2)16-32-22-5-4-6-23-24(22)25(27-34-23)31-13-9-20-7-11-28(12-8-20)17-33-26(29)21-10-14-30-19(3)15-21/h4-6,18-21H,7-17H2,1-3H3. The van der Waals surface area contributed by atoms with E-state index in [0.29, 0.717) is 49.9 Å². The molecule has 0 amide bonds. The van der Waals surface area contributed by atoms with Gasteiger partial charge in [0.15, 0.2) is 5.58 Å². The van der Waals surface area contributed by atoms with Crippen molar-refractivity contribution in [2.75, 3.05) is 39.6 Å². The highest BCUT2D eigenvalue weighted by Gasteiger charge is 2.28. The molecule has 2 aliphatic rings. The quantitative estimate of drug-likeness (QED) is 0.460. The Morgan fingerprint density at radius 2 is 2.03 bits per heavy atom. The highest BCUT2D eigenvalue weighted by Crippen LogP contribution is 2.34. The Balaban J connectivity index is 1.18. The Morgan fingerprint density at radius 3 is 2.79 bits per heavy atom. The van der Waals surface area contributed by atoms with Crippen LogP contribution in [0.4, 0.5) is 0 Å². The van der Waals surface area contributed by atoms with Crippen LogP contribution in [-0.2, 0) is 14.3 Å². The molecule has 0 aliphatic carbocycles. The molecule has 34 heavy (non-hydrogen) atoms. The third-order valence-electron chi connectivity index (χ3n) is 6.68. The number of aromatic nitrogens is 1. The molecule has 1 aromatic carbocycles. The summed E-state index contributed by atoms with van der Waals surface area (Å²) in [5.41, 5.74) is 0.675. The van der Waals surface area contributed by atoms with Crippen LogP contribution in [0.15, 0.2) is 22.7 Å². The lowest BCUT2D eigenvalue weighted by atomic mass is 9.94. The lowest BCUT2D eigenvalue weighted by molar-refractivity contribution is -0.158. The summed E-state index contributed by atoms with van der Waals surface area (Å²) >= 11 is 0. The molecule has 0 N–H and O–H groups in total. The summed E-state index contributed by atoms with van der Waals surface area (Å²) in [6, 6.07) is 5.71. The van der Waals surface area contributed by atoms with E-state index in [2.05, 4.69) is 23.9 Å². The fraction of sp³-hybridized carbons (Fsp3) is 0.692. The minimum atomic E-state index is -0.0812. The van der Waals surface area contributed by atoms with E-state index < -0.39 is 0 Å². The zero-order valence-corrected chi connectivity index (χ0v) is 20.7. The summed E-state index contributed by atoms with van der Waals surface area (Å²) in [6.07, 6.45) is 4.75. The van der Waals surface area contributed by atoms with E-state index in [9.17, 15) is 4.79 Å². The van der Waals surface area contributed by atoms with Gasteiger partial charge in [0.1, 0.15) is 17.9 Å². The van der Waals surface area contributed by atoms with E-state index in [1.807, 2.05) is 25.1 Å². The normalized spacial score (nSPS) is 22.2. The minimum Gasteiger partial charge on any atom is -0.492 e. The van der Waals surface area contributed by atoms with Crippen molar-refractivity contribution in [2.45, 2.75) is 59.0 Å². The molecule has 2 saturated heterocycles. The second-order valence-electron chi connectivity index (χ2n) is 10.0. The van der Waals surface area contributed by atoms with Crippen molar-refractivity contribution >= 4 is 16.9 Å². The SMILES string of the molecule is CC(C)COc1cccc2onc(OCCC3CCN(COC(=O)C4CCOC(C)C4)CC3)c12. The molecule has 2 unspecified atom stereocenters. The van der Waals surface area contributed by atoms with Gasteiger partial charge in [-0.05, 0) is 68.2 Å². The number of rotatable bonds is 10. The maximum atomic E-state index is 12.4.